The standard InChI is InChI=1S/C15H23N3O3/c1-10-13(6-7-14(19)20)11(2)18(15(21)16-10)9-8-17(3)12-4-5-12/h12H,4-9H2,1-3H3,(H,19,20). The molecule has 0 unspecified atom stereocenters. The largest absolute Gasteiger partial charge is 0.481 e. The monoisotopic (exact) mass is 293 g/mol. The number of hydrogen-bond donors (Lipinski definition) is 1. The molecule has 0 aromatic carbocycles. The Balaban J connectivity index is 2.16. The van der Waals surface area contributed by atoms with E-state index in [0.29, 0.717) is 24.7 Å². The van der Waals surface area contributed by atoms with Crippen molar-refractivity contribution in [3.8, 4) is 0 Å². The lowest BCUT2D eigenvalue weighted by Gasteiger charge is -2.19. The number of likely N-dealkylation sites (N-methyl/N-ethyl adjacent to an activating group) is 1. The number of carboxylic acids is 1. The van der Waals surface area contributed by atoms with Crippen molar-refractivity contribution < 1.29 is 9.90 Å². The predicted octanol–water partition coefficient (Wildman–Crippen LogP) is 0.972. The van der Waals surface area contributed by atoms with Gasteiger partial charge in [-0.1, -0.05) is 0 Å². The van der Waals surface area contributed by atoms with Crippen LogP contribution >= 0.6 is 0 Å². The molecule has 1 N–H and O–H groups in total. The zero-order chi connectivity index (χ0) is 15.6. The number of carbonyl (C=O) groups is 1. The number of rotatable bonds is 7. The Bertz CT molecular complexity index is 591. The Morgan fingerprint density at radius 3 is 2.67 bits per heavy atom. The van der Waals surface area contributed by atoms with Crippen molar-refractivity contribution in [3.63, 3.8) is 0 Å². The first-order chi connectivity index (χ1) is 9.90. The van der Waals surface area contributed by atoms with Crippen LogP contribution in [-0.2, 0) is 17.8 Å². The van der Waals surface area contributed by atoms with E-state index in [1.165, 1.54) is 12.8 Å². The summed E-state index contributed by atoms with van der Waals surface area (Å²) in [5.41, 5.74) is 2.13. The summed E-state index contributed by atoms with van der Waals surface area (Å²) >= 11 is 0. The third kappa shape index (κ3) is 3.91. The lowest BCUT2D eigenvalue weighted by molar-refractivity contribution is -0.136. The molecule has 1 heterocycles. The molecule has 1 saturated carbocycles. The minimum Gasteiger partial charge on any atom is -0.481 e. The van der Waals surface area contributed by atoms with Gasteiger partial charge in [0, 0.05) is 36.9 Å². The number of aryl methyl sites for hydroxylation is 1. The second-order valence-corrected chi connectivity index (χ2v) is 5.80. The number of carboxylic acid groups (broad SMARTS) is 1. The summed E-state index contributed by atoms with van der Waals surface area (Å²) in [5.74, 6) is -0.833. The normalized spacial score (nSPS) is 14.7. The minimum absolute atomic E-state index is 0.0591. The average molecular weight is 293 g/mol. The van der Waals surface area contributed by atoms with Gasteiger partial charge in [0.25, 0.3) is 0 Å². The molecule has 0 bridgehead atoms. The van der Waals surface area contributed by atoms with Crippen molar-refractivity contribution in [1.29, 1.82) is 0 Å². The second-order valence-electron chi connectivity index (χ2n) is 5.80. The van der Waals surface area contributed by atoms with Crippen molar-refractivity contribution in [2.24, 2.45) is 0 Å². The molecule has 1 aliphatic rings. The van der Waals surface area contributed by atoms with E-state index in [2.05, 4.69) is 16.9 Å². The molecule has 6 heteroatoms. The summed E-state index contributed by atoms with van der Waals surface area (Å²) in [6, 6.07) is 0.658. The van der Waals surface area contributed by atoms with Crippen LogP contribution in [0.4, 0.5) is 0 Å². The van der Waals surface area contributed by atoms with E-state index in [4.69, 9.17) is 5.11 Å². The number of aromatic nitrogens is 2. The minimum atomic E-state index is -0.833. The van der Waals surface area contributed by atoms with Gasteiger partial charge in [-0.2, -0.15) is 4.98 Å². The molecule has 6 nitrogen and oxygen atoms in total. The third-order valence-electron chi connectivity index (χ3n) is 4.21. The van der Waals surface area contributed by atoms with Gasteiger partial charge in [0.05, 0.1) is 0 Å². The highest BCUT2D eigenvalue weighted by atomic mass is 16.4. The molecule has 0 atom stereocenters. The molecular weight excluding hydrogens is 270 g/mol. The van der Waals surface area contributed by atoms with Crippen molar-refractivity contribution in [3.05, 3.63) is 27.4 Å². The fourth-order valence-corrected chi connectivity index (χ4v) is 2.65. The van der Waals surface area contributed by atoms with Crippen LogP contribution in [0, 0.1) is 13.8 Å². The van der Waals surface area contributed by atoms with Gasteiger partial charge in [0.15, 0.2) is 0 Å². The van der Waals surface area contributed by atoms with Gasteiger partial charge < -0.3 is 10.0 Å². The second kappa shape index (κ2) is 6.39. The van der Waals surface area contributed by atoms with Gasteiger partial charge in [-0.25, -0.2) is 4.79 Å². The van der Waals surface area contributed by atoms with Crippen LogP contribution in [0.5, 0.6) is 0 Å². The highest BCUT2D eigenvalue weighted by Gasteiger charge is 2.25. The van der Waals surface area contributed by atoms with E-state index in [0.717, 1.165) is 17.8 Å². The topological polar surface area (TPSA) is 75.4 Å². The molecule has 0 radical (unpaired) electrons. The number of aliphatic carboxylic acids is 1. The number of hydrogen-bond acceptors (Lipinski definition) is 4. The summed E-state index contributed by atoms with van der Waals surface area (Å²) in [7, 11) is 2.07. The molecule has 1 aromatic heterocycles. The fraction of sp³-hybridized carbons (Fsp3) is 0.667. The highest BCUT2D eigenvalue weighted by molar-refractivity contribution is 5.67. The van der Waals surface area contributed by atoms with Crippen LogP contribution in [0.3, 0.4) is 0 Å². The molecule has 1 aliphatic carbocycles. The summed E-state index contributed by atoms with van der Waals surface area (Å²) in [4.78, 5) is 29.1. The van der Waals surface area contributed by atoms with E-state index >= 15 is 0 Å². The highest BCUT2D eigenvalue weighted by Crippen LogP contribution is 2.25. The molecule has 21 heavy (non-hydrogen) atoms. The smallest absolute Gasteiger partial charge is 0.348 e. The molecule has 0 aliphatic heterocycles. The van der Waals surface area contributed by atoms with Crippen molar-refractivity contribution >= 4 is 5.97 Å². The molecule has 116 valence electrons. The molecule has 1 aromatic rings. The summed E-state index contributed by atoms with van der Waals surface area (Å²) in [6.45, 7) is 5.07. The maximum absolute atomic E-state index is 12.1. The molecule has 1 fully saturated rings. The first kappa shape index (κ1) is 15.7. The maximum Gasteiger partial charge on any atom is 0.348 e. The maximum atomic E-state index is 12.1. The number of nitrogens with zero attached hydrogens (tertiary/aromatic N) is 3. The Morgan fingerprint density at radius 2 is 2.10 bits per heavy atom. The van der Waals surface area contributed by atoms with Gasteiger partial charge in [0.2, 0.25) is 0 Å². The SMILES string of the molecule is Cc1nc(=O)n(CCN(C)C2CC2)c(C)c1CCC(=O)O. The van der Waals surface area contributed by atoms with E-state index in [-0.39, 0.29) is 12.1 Å². The summed E-state index contributed by atoms with van der Waals surface area (Å²) < 4.78 is 1.67. The quantitative estimate of drug-likeness (QED) is 0.811. The average Bonchev–Trinajstić information content (AvgIpc) is 3.21. The lowest BCUT2D eigenvalue weighted by atomic mass is 10.1. The molecule has 2 rings (SSSR count). The first-order valence-electron chi connectivity index (χ1n) is 7.39. The van der Waals surface area contributed by atoms with Gasteiger partial charge in [-0.3, -0.25) is 9.36 Å². The van der Waals surface area contributed by atoms with E-state index < -0.39 is 5.97 Å². The lowest BCUT2D eigenvalue weighted by Crippen LogP contribution is -2.33. The van der Waals surface area contributed by atoms with Crippen LogP contribution < -0.4 is 5.69 Å². The van der Waals surface area contributed by atoms with Crippen LogP contribution in [0.15, 0.2) is 4.79 Å². The molecule has 0 saturated heterocycles. The van der Waals surface area contributed by atoms with Crippen LogP contribution in [0.1, 0.15) is 36.2 Å². The van der Waals surface area contributed by atoms with Crippen molar-refractivity contribution in [2.45, 2.75) is 52.1 Å². The molecule has 0 amide bonds. The van der Waals surface area contributed by atoms with E-state index in [1.54, 1.807) is 11.5 Å². The Labute approximate surface area is 124 Å². The zero-order valence-corrected chi connectivity index (χ0v) is 12.9. The van der Waals surface area contributed by atoms with Crippen LogP contribution in [-0.4, -0.2) is 45.2 Å². The van der Waals surface area contributed by atoms with Crippen molar-refractivity contribution in [2.75, 3.05) is 13.6 Å². The van der Waals surface area contributed by atoms with Gasteiger partial charge in [0.1, 0.15) is 0 Å². The van der Waals surface area contributed by atoms with Crippen LogP contribution in [0.2, 0.25) is 0 Å². The predicted molar refractivity (Wildman–Crippen MR) is 79.6 cm³/mol. The van der Waals surface area contributed by atoms with Gasteiger partial charge in [-0.05, 0) is 45.7 Å². The summed E-state index contributed by atoms with van der Waals surface area (Å²) in [5, 5.41) is 8.83. The summed E-state index contributed by atoms with van der Waals surface area (Å²) in [6.07, 6.45) is 2.95. The van der Waals surface area contributed by atoms with Crippen molar-refractivity contribution in [1.82, 2.24) is 14.5 Å². The Kier molecular flexibility index (Phi) is 4.77. The molecular formula is C15H23N3O3. The molecule has 0 spiro atoms. The third-order valence-corrected chi connectivity index (χ3v) is 4.21. The van der Waals surface area contributed by atoms with E-state index in [1.807, 2.05) is 6.92 Å². The Hall–Kier alpha value is -1.69. The fourth-order valence-electron chi connectivity index (χ4n) is 2.65. The Morgan fingerprint density at radius 1 is 1.43 bits per heavy atom. The first-order valence-corrected chi connectivity index (χ1v) is 7.39. The van der Waals surface area contributed by atoms with Crippen LogP contribution in [0.25, 0.3) is 0 Å². The zero-order valence-electron chi connectivity index (χ0n) is 12.9. The van der Waals surface area contributed by atoms with Gasteiger partial charge >= 0.3 is 11.7 Å². The van der Waals surface area contributed by atoms with Gasteiger partial charge in [-0.15, -0.1) is 0 Å². The van der Waals surface area contributed by atoms with E-state index in [9.17, 15) is 9.59 Å².